The molecule has 0 aliphatic carbocycles. The number of anilines is 1. The van der Waals surface area contributed by atoms with Crippen LogP contribution in [0.4, 0.5) is 5.69 Å². The molecule has 0 aliphatic heterocycles. The van der Waals surface area contributed by atoms with Crippen molar-refractivity contribution in [2.24, 2.45) is 5.73 Å². The summed E-state index contributed by atoms with van der Waals surface area (Å²) in [5.74, 6) is -1.16. The summed E-state index contributed by atoms with van der Waals surface area (Å²) < 4.78 is 4.74. The standard InChI is InChI=1S/C11H12Cl2N2O3/c1-2-18-9(16)5-15-8-4-6(12)3-7(13)10(8)11(14)17/h3-4,15H,2,5H2,1H3,(H2,14,17). The molecule has 0 saturated heterocycles. The van der Waals surface area contributed by atoms with Crippen LogP contribution in [0.3, 0.4) is 0 Å². The predicted octanol–water partition coefficient (Wildman–Crippen LogP) is 2.07. The number of nitrogens with two attached hydrogens (primary N) is 1. The number of halogens is 2. The quantitative estimate of drug-likeness (QED) is 0.814. The van der Waals surface area contributed by atoms with Gasteiger partial charge in [-0.1, -0.05) is 23.2 Å². The smallest absolute Gasteiger partial charge is 0.325 e. The molecule has 3 N–H and O–H groups in total. The lowest BCUT2D eigenvalue weighted by Gasteiger charge is -2.11. The molecule has 0 spiro atoms. The molecule has 0 aromatic heterocycles. The fourth-order valence-corrected chi connectivity index (χ4v) is 1.93. The van der Waals surface area contributed by atoms with Crippen molar-refractivity contribution >= 4 is 40.8 Å². The zero-order valence-electron chi connectivity index (χ0n) is 9.63. The average Bonchev–Trinajstić information content (AvgIpc) is 2.25. The summed E-state index contributed by atoms with van der Waals surface area (Å²) in [5.41, 5.74) is 5.60. The van der Waals surface area contributed by atoms with Crippen LogP contribution in [0, 0.1) is 0 Å². The van der Waals surface area contributed by atoms with E-state index in [1.807, 2.05) is 0 Å². The summed E-state index contributed by atoms with van der Waals surface area (Å²) in [6.45, 7) is 1.87. The first-order chi connectivity index (χ1) is 8.45. The summed E-state index contributed by atoms with van der Waals surface area (Å²) in [6.07, 6.45) is 0. The highest BCUT2D eigenvalue weighted by molar-refractivity contribution is 6.37. The van der Waals surface area contributed by atoms with Crippen molar-refractivity contribution < 1.29 is 14.3 Å². The van der Waals surface area contributed by atoms with Gasteiger partial charge in [-0.05, 0) is 19.1 Å². The summed E-state index contributed by atoms with van der Waals surface area (Å²) in [4.78, 5) is 22.5. The maximum absolute atomic E-state index is 11.3. The molecule has 0 unspecified atom stereocenters. The molecule has 0 saturated carbocycles. The molecule has 0 aliphatic rings. The van der Waals surface area contributed by atoms with Gasteiger partial charge in [-0.25, -0.2) is 0 Å². The third-order valence-electron chi connectivity index (χ3n) is 2.03. The number of rotatable bonds is 5. The molecule has 1 amide bonds. The van der Waals surface area contributed by atoms with Crippen LogP contribution in [-0.4, -0.2) is 25.0 Å². The number of amides is 1. The Balaban J connectivity index is 2.93. The van der Waals surface area contributed by atoms with E-state index in [2.05, 4.69) is 5.32 Å². The lowest BCUT2D eigenvalue weighted by atomic mass is 10.1. The van der Waals surface area contributed by atoms with Crippen LogP contribution in [0.25, 0.3) is 0 Å². The first kappa shape index (κ1) is 14.6. The summed E-state index contributed by atoms with van der Waals surface area (Å²) in [5, 5.41) is 3.17. The largest absolute Gasteiger partial charge is 0.465 e. The van der Waals surface area contributed by atoms with E-state index in [1.54, 1.807) is 6.92 Å². The van der Waals surface area contributed by atoms with Gasteiger partial charge in [0.25, 0.3) is 5.91 Å². The Labute approximate surface area is 114 Å². The fourth-order valence-electron chi connectivity index (χ4n) is 1.34. The van der Waals surface area contributed by atoms with Crippen molar-refractivity contribution in [3.05, 3.63) is 27.7 Å². The van der Waals surface area contributed by atoms with Crippen LogP contribution in [0.15, 0.2) is 12.1 Å². The Kier molecular flexibility index (Phi) is 5.25. The summed E-state index contributed by atoms with van der Waals surface area (Å²) in [6, 6.07) is 2.87. The fraction of sp³-hybridized carbons (Fsp3) is 0.273. The van der Waals surface area contributed by atoms with Crippen LogP contribution >= 0.6 is 23.2 Å². The van der Waals surface area contributed by atoms with Crippen LogP contribution in [0.2, 0.25) is 10.0 Å². The van der Waals surface area contributed by atoms with Crippen molar-refractivity contribution in [3.8, 4) is 0 Å². The Morgan fingerprint density at radius 1 is 1.39 bits per heavy atom. The Morgan fingerprint density at radius 2 is 2.06 bits per heavy atom. The van der Waals surface area contributed by atoms with Gasteiger partial charge in [0, 0.05) is 5.02 Å². The molecule has 1 aromatic carbocycles. The Bertz CT molecular complexity index is 478. The van der Waals surface area contributed by atoms with Gasteiger partial charge in [0.1, 0.15) is 6.54 Å². The Morgan fingerprint density at radius 3 is 2.61 bits per heavy atom. The third-order valence-corrected chi connectivity index (χ3v) is 2.55. The molecule has 0 fully saturated rings. The predicted molar refractivity (Wildman–Crippen MR) is 70.1 cm³/mol. The van der Waals surface area contributed by atoms with E-state index in [9.17, 15) is 9.59 Å². The van der Waals surface area contributed by atoms with Crippen LogP contribution in [-0.2, 0) is 9.53 Å². The van der Waals surface area contributed by atoms with E-state index in [-0.39, 0.29) is 23.7 Å². The molecule has 1 rings (SSSR count). The summed E-state index contributed by atoms with van der Waals surface area (Å²) in [7, 11) is 0. The minimum Gasteiger partial charge on any atom is -0.465 e. The van der Waals surface area contributed by atoms with Gasteiger partial charge in [-0.2, -0.15) is 0 Å². The number of esters is 1. The van der Waals surface area contributed by atoms with Gasteiger partial charge in [0.15, 0.2) is 0 Å². The third kappa shape index (κ3) is 3.78. The van der Waals surface area contributed by atoms with E-state index >= 15 is 0 Å². The number of primary amides is 1. The van der Waals surface area contributed by atoms with E-state index < -0.39 is 11.9 Å². The molecule has 5 nitrogen and oxygen atoms in total. The number of nitrogens with one attached hydrogen (secondary N) is 1. The number of carbonyl (C=O) groups excluding carboxylic acids is 2. The lowest BCUT2D eigenvalue weighted by Crippen LogP contribution is -2.20. The van der Waals surface area contributed by atoms with Crippen molar-refractivity contribution in [3.63, 3.8) is 0 Å². The molecule has 0 heterocycles. The highest BCUT2D eigenvalue weighted by atomic mass is 35.5. The van der Waals surface area contributed by atoms with Crippen LogP contribution in [0.5, 0.6) is 0 Å². The van der Waals surface area contributed by atoms with E-state index in [0.717, 1.165) is 0 Å². The highest BCUT2D eigenvalue weighted by Crippen LogP contribution is 2.28. The maximum atomic E-state index is 11.3. The molecule has 0 radical (unpaired) electrons. The minimum atomic E-state index is -0.706. The van der Waals surface area contributed by atoms with E-state index in [4.69, 9.17) is 33.7 Å². The van der Waals surface area contributed by atoms with Crippen molar-refractivity contribution in [1.82, 2.24) is 0 Å². The topological polar surface area (TPSA) is 81.4 Å². The molecule has 0 atom stereocenters. The lowest BCUT2D eigenvalue weighted by molar-refractivity contribution is -0.140. The molecular weight excluding hydrogens is 279 g/mol. The van der Waals surface area contributed by atoms with Gasteiger partial charge >= 0.3 is 5.97 Å². The van der Waals surface area contributed by atoms with E-state index in [0.29, 0.717) is 10.7 Å². The molecule has 18 heavy (non-hydrogen) atoms. The maximum Gasteiger partial charge on any atom is 0.325 e. The number of ether oxygens (including phenoxy) is 1. The number of benzene rings is 1. The molecule has 1 aromatic rings. The van der Waals surface area contributed by atoms with Gasteiger partial charge in [-0.15, -0.1) is 0 Å². The molecule has 98 valence electrons. The van der Waals surface area contributed by atoms with Gasteiger partial charge in [0.2, 0.25) is 0 Å². The van der Waals surface area contributed by atoms with Gasteiger partial charge in [0.05, 0.1) is 22.9 Å². The normalized spacial score (nSPS) is 9.94. The number of carbonyl (C=O) groups is 2. The second-order valence-corrected chi connectivity index (χ2v) is 4.18. The SMILES string of the molecule is CCOC(=O)CNc1cc(Cl)cc(Cl)c1C(N)=O. The zero-order chi connectivity index (χ0) is 13.7. The van der Waals surface area contributed by atoms with Crippen molar-refractivity contribution in [1.29, 1.82) is 0 Å². The van der Waals surface area contributed by atoms with E-state index in [1.165, 1.54) is 12.1 Å². The summed E-state index contributed by atoms with van der Waals surface area (Å²) >= 11 is 11.7. The second kappa shape index (κ2) is 6.47. The monoisotopic (exact) mass is 290 g/mol. The van der Waals surface area contributed by atoms with Crippen LogP contribution < -0.4 is 11.1 Å². The molecule has 7 heteroatoms. The molecular formula is C11H12Cl2N2O3. The minimum absolute atomic E-state index is 0.0883. The van der Waals surface area contributed by atoms with Gasteiger partial charge in [-0.3, -0.25) is 9.59 Å². The Hall–Kier alpha value is -1.46. The number of hydrogen-bond acceptors (Lipinski definition) is 4. The zero-order valence-corrected chi connectivity index (χ0v) is 11.1. The van der Waals surface area contributed by atoms with Crippen molar-refractivity contribution in [2.45, 2.75) is 6.92 Å². The average molecular weight is 291 g/mol. The van der Waals surface area contributed by atoms with Crippen molar-refractivity contribution in [2.75, 3.05) is 18.5 Å². The van der Waals surface area contributed by atoms with Crippen LogP contribution in [0.1, 0.15) is 17.3 Å². The molecule has 0 bridgehead atoms. The highest BCUT2D eigenvalue weighted by Gasteiger charge is 2.15. The first-order valence-electron chi connectivity index (χ1n) is 5.14. The first-order valence-corrected chi connectivity index (χ1v) is 5.89. The number of hydrogen-bond donors (Lipinski definition) is 2. The van der Waals surface area contributed by atoms with Gasteiger partial charge < -0.3 is 15.8 Å². The second-order valence-electron chi connectivity index (χ2n) is 3.33.